The summed E-state index contributed by atoms with van der Waals surface area (Å²) in [4.78, 5) is 23.5. The topological polar surface area (TPSA) is 92.9 Å². The van der Waals surface area contributed by atoms with Gasteiger partial charge in [0.05, 0.1) is 11.7 Å². The largest absolute Gasteiger partial charge is 0.419 e. The number of carbonyl (C=O) groups is 1. The smallest absolute Gasteiger partial charge is 0.408 e. The van der Waals surface area contributed by atoms with Gasteiger partial charge in [0.1, 0.15) is 5.82 Å². The van der Waals surface area contributed by atoms with Gasteiger partial charge in [-0.1, -0.05) is 12.1 Å². The predicted octanol–water partition coefficient (Wildman–Crippen LogP) is 1.35. The highest BCUT2D eigenvalue weighted by atomic mass is 16.4. The van der Waals surface area contributed by atoms with Gasteiger partial charge >= 0.3 is 5.76 Å². The number of H-pyrrole nitrogens is 1. The van der Waals surface area contributed by atoms with E-state index in [1.165, 1.54) is 4.57 Å². The van der Waals surface area contributed by atoms with E-state index in [9.17, 15) is 9.59 Å². The van der Waals surface area contributed by atoms with Gasteiger partial charge < -0.3 is 9.73 Å². The van der Waals surface area contributed by atoms with Gasteiger partial charge in [0.25, 0.3) is 0 Å². The fourth-order valence-electron chi connectivity index (χ4n) is 1.98. The molecule has 0 atom stereocenters. The minimum absolute atomic E-state index is 0.169. The maximum absolute atomic E-state index is 11.7. The number of benzene rings is 1. The lowest BCUT2D eigenvalue weighted by molar-refractivity contribution is -0.116. The Kier molecular flexibility index (Phi) is 3.08. The van der Waals surface area contributed by atoms with Crippen LogP contribution in [0.3, 0.4) is 0 Å². The second-order valence-corrected chi connectivity index (χ2v) is 4.26. The van der Waals surface area contributed by atoms with Crippen molar-refractivity contribution in [3.63, 3.8) is 0 Å². The maximum atomic E-state index is 11.7. The first-order valence-electron chi connectivity index (χ1n) is 6.11. The summed E-state index contributed by atoms with van der Waals surface area (Å²) in [6, 6.07) is 8.77. The van der Waals surface area contributed by atoms with Gasteiger partial charge in [-0.3, -0.25) is 14.5 Å². The van der Waals surface area contributed by atoms with Crippen molar-refractivity contribution in [1.29, 1.82) is 0 Å². The lowest BCUT2D eigenvalue weighted by atomic mass is 10.3. The van der Waals surface area contributed by atoms with E-state index in [-0.39, 0.29) is 18.9 Å². The standard InChI is InChI=1S/C13H12N4O3/c18-12(15-11-5-7-14-16-11)6-8-17-9-3-1-2-4-10(9)20-13(17)19/h1-5,7H,6,8H2,(H2,14,15,16,18). The first-order chi connectivity index (χ1) is 9.74. The van der Waals surface area contributed by atoms with E-state index in [0.717, 1.165) is 0 Å². The molecule has 2 aromatic heterocycles. The number of nitrogens with one attached hydrogen (secondary N) is 2. The molecule has 7 heteroatoms. The second-order valence-electron chi connectivity index (χ2n) is 4.26. The van der Waals surface area contributed by atoms with Crippen LogP contribution in [0.25, 0.3) is 11.1 Å². The molecule has 2 heterocycles. The highest BCUT2D eigenvalue weighted by Gasteiger charge is 2.10. The Morgan fingerprint density at radius 3 is 3.00 bits per heavy atom. The average Bonchev–Trinajstić information content (AvgIpc) is 3.03. The van der Waals surface area contributed by atoms with Gasteiger partial charge in [-0.25, -0.2) is 4.79 Å². The van der Waals surface area contributed by atoms with Gasteiger partial charge in [-0.05, 0) is 12.1 Å². The normalized spacial score (nSPS) is 10.8. The Morgan fingerprint density at radius 1 is 1.35 bits per heavy atom. The van der Waals surface area contributed by atoms with Crippen molar-refractivity contribution in [2.75, 3.05) is 5.32 Å². The summed E-state index contributed by atoms with van der Waals surface area (Å²) in [7, 11) is 0. The molecule has 1 aromatic carbocycles. The number of oxazole rings is 1. The number of nitrogens with zero attached hydrogens (tertiary/aromatic N) is 2. The first-order valence-corrected chi connectivity index (χ1v) is 6.11. The van der Waals surface area contributed by atoms with Crippen LogP contribution in [0.15, 0.2) is 45.7 Å². The van der Waals surface area contributed by atoms with Gasteiger partial charge in [0.2, 0.25) is 5.91 Å². The van der Waals surface area contributed by atoms with Crippen molar-refractivity contribution in [3.8, 4) is 0 Å². The molecule has 0 fully saturated rings. The lowest BCUT2D eigenvalue weighted by Crippen LogP contribution is -2.19. The van der Waals surface area contributed by atoms with Crippen LogP contribution in [0, 0.1) is 0 Å². The third-order valence-electron chi connectivity index (χ3n) is 2.91. The van der Waals surface area contributed by atoms with Crippen LogP contribution in [0.4, 0.5) is 5.82 Å². The molecule has 3 rings (SSSR count). The van der Waals surface area contributed by atoms with E-state index in [1.54, 1.807) is 30.5 Å². The number of amides is 1. The Bertz CT molecular complexity index is 785. The number of hydrogen-bond acceptors (Lipinski definition) is 4. The fourth-order valence-corrected chi connectivity index (χ4v) is 1.98. The van der Waals surface area contributed by atoms with E-state index < -0.39 is 5.76 Å². The molecule has 0 aliphatic heterocycles. The first kappa shape index (κ1) is 12.2. The van der Waals surface area contributed by atoms with E-state index >= 15 is 0 Å². The number of aryl methyl sites for hydroxylation is 1. The monoisotopic (exact) mass is 272 g/mol. The van der Waals surface area contributed by atoms with Crippen molar-refractivity contribution >= 4 is 22.8 Å². The van der Waals surface area contributed by atoms with E-state index in [4.69, 9.17) is 4.42 Å². The zero-order chi connectivity index (χ0) is 13.9. The van der Waals surface area contributed by atoms with Crippen LogP contribution >= 0.6 is 0 Å². The molecule has 0 aliphatic rings. The third-order valence-corrected chi connectivity index (χ3v) is 2.91. The molecule has 102 valence electrons. The molecule has 3 aromatic rings. The zero-order valence-electron chi connectivity index (χ0n) is 10.5. The highest BCUT2D eigenvalue weighted by molar-refractivity contribution is 5.89. The summed E-state index contributed by atoms with van der Waals surface area (Å²) in [6.07, 6.45) is 1.71. The Balaban J connectivity index is 1.72. The SMILES string of the molecule is O=C(CCn1c(=O)oc2ccccc21)Nc1ccn[nH]1. The molecule has 0 spiro atoms. The van der Waals surface area contributed by atoms with Crippen LogP contribution in [-0.2, 0) is 11.3 Å². The maximum Gasteiger partial charge on any atom is 0.419 e. The van der Waals surface area contributed by atoms with Crippen LogP contribution < -0.4 is 11.1 Å². The zero-order valence-corrected chi connectivity index (χ0v) is 10.5. The van der Waals surface area contributed by atoms with Crippen molar-refractivity contribution in [3.05, 3.63) is 47.1 Å². The van der Waals surface area contributed by atoms with Gasteiger partial charge in [-0.2, -0.15) is 5.10 Å². The van der Waals surface area contributed by atoms with Crippen LogP contribution in [0.1, 0.15) is 6.42 Å². The van der Waals surface area contributed by atoms with Crippen LogP contribution in [0.2, 0.25) is 0 Å². The summed E-state index contributed by atoms with van der Waals surface area (Å²) in [5.74, 6) is -0.133. The number of aromatic nitrogens is 3. The minimum Gasteiger partial charge on any atom is -0.408 e. The fraction of sp³-hybridized carbons (Fsp3) is 0.154. The number of fused-ring (bicyclic) bond motifs is 1. The van der Waals surface area contributed by atoms with Crippen LogP contribution in [-0.4, -0.2) is 20.7 Å². The molecular weight excluding hydrogens is 260 g/mol. The molecule has 1 amide bonds. The molecular formula is C13H12N4O3. The molecule has 7 nitrogen and oxygen atoms in total. The molecule has 0 aliphatic carbocycles. The lowest BCUT2D eigenvalue weighted by Gasteiger charge is -2.03. The molecule has 0 unspecified atom stereocenters. The van der Waals surface area contributed by atoms with Crippen molar-refractivity contribution in [1.82, 2.24) is 14.8 Å². The van der Waals surface area contributed by atoms with E-state index in [2.05, 4.69) is 15.5 Å². The quantitative estimate of drug-likeness (QED) is 0.749. The highest BCUT2D eigenvalue weighted by Crippen LogP contribution is 2.12. The Morgan fingerprint density at radius 2 is 2.20 bits per heavy atom. The summed E-state index contributed by atoms with van der Waals surface area (Å²) in [5.41, 5.74) is 1.21. The van der Waals surface area contributed by atoms with Gasteiger partial charge in [-0.15, -0.1) is 0 Å². The number of carbonyl (C=O) groups excluding carboxylic acids is 1. The molecule has 0 saturated carbocycles. The number of rotatable bonds is 4. The Labute approximate surface area is 113 Å². The molecule has 0 bridgehead atoms. The number of anilines is 1. The minimum atomic E-state index is -0.458. The molecule has 0 saturated heterocycles. The second kappa shape index (κ2) is 5.04. The summed E-state index contributed by atoms with van der Waals surface area (Å²) in [6.45, 7) is 0.260. The van der Waals surface area contributed by atoms with Crippen molar-refractivity contribution < 1.29 is 9.21 Å². The van der Waals surface area contributed by atoms with Crippen molar-refractivity contribution in [2.45, 2.75) is 13.0 Å². The summed E-state index contributed by atoms with van der Waals surface area (Å²) in [5, 5.41) is 9.01. The number of aromatic amines is 1. The summed E-state index contributed by atoms with van der Waals surface area (Å²) >= 11 is 0. The van der Waals surface area contributed by atoms with Gasteiger partial charge in [0, 0.05) is 19.0 Å². The third kappa shape index (κ3) is 2.33. The summed E-state index contributed by atoms with van der Waals surface area (Å²) < 4.78 is 6.54. The molecule has 20 heavy (non-hydrogen) atoms. The average molecular weight is 272 g/mol. The van der Waals surface area contributed by atoms with Crippen LogP contribution in [0.5, 0.6) is 0 Å². The predicted molar refractivity (Wildman–Crippen MR) is 72.3 cm³/mol. The Hall–Kier alpha value is -2.83. The number of hydrogen-bond donors (Lipinski definition) is 2. The number of para-hydroxylation sites is 2. The molecule has 2 N–H and O–H groups in total. The van der Waals surface area contributed by atoms with E-state index in [0.29, 0.717) is 16.9 Å². The van der Waals surface area contributed by atoms with E-state index in [1.807, 2.05) is 6.07 Å². The van der Waals surface area contributed by atoms with Gasteiger partial charge in [0.15, 0.2) is 5.58 Å². The molecule has 0 radical (unpaired) electrons. The van der Waals surface area contributed by atoms with Crippen molar-refractivity contribution in [2.24, 2.45) is 0 Å².